The summed E-state index contributed by atoms with van der Waals surface area (Å²) in [5, 5.41) is 4.62. The van der Waals surface area contributed by atoms with Crippen LogP contribution in [0.2, 0.25) is 0 Å². The van der Waals surface area contributed by atoms with E-state index < -0.39 is 0 Å². The van der Waals surface area contributed by atoms with Crippen molar-refractivity contribution in [3.63, 3.8) is 0 Å². The molecule has 2 aromatic heterocycles. The van der Waals surface area contributed by atoms with Crippen molar-refractivity contribution in [3.8, 4) is 0 Å². The Labute approximate surface area is 176 Å². The van der Waals surface area contributed by atoms with Crippen LogP contribution in [0.5, 0.6) is 0 Å². The summed E-state index contributed by atoms with van der Waals surface area (Å²) in [6, 6.07) is 2.23. The molecule has 2 fully saturated rings. The summed E-state index contributed by atoms with van der Waals surface area (Å²) in [4.78, 5) is 34.4. The summed E-state index contributed by atoms with van der Waals surface area (Å²) < 4.78 is 7.33. The van der Waals surface area contributed by atoms with Crippen molar-refractivity contribution in [2.75, 3.05) is 26.3 Å². The van der Waals surface area contributed by atoms with Crippen LogP contribution in [0, 0.1) is 12.8 Å². The highest BCUT2D eigenvalue weighted by Gasteiger charge is 2.47. The van der Waals surface area contributed by atoms with Crippen molar-refractivity contribution in [2.45, 2.75) is 58.0 Å². The summed E-state index contributed by atoms with van der Waals surface area (Å²) in [5.74, 6) is -0.0200. The number of aryl methyl sites for hydroxylation is 1. The number of fused-ring (bicyclic) bond motifs is 6. The van der Waals surface area contributed by atoms with E-state index in [9.17, 15) is 9.59 Å². The number of ether oxygens (including phenoxy) is 1. The smallest absolute Gasteiger partial charge is 0.228 e. The first-order valence-electron chi connectivity index (χ1n) is 11.1. The highest BCUT2D eigenvalue weighted by molar-refractivity contribution is 5.90. The molecular weight excluding hydrogens is 382 g/mol. The lowest BCUT2D eigenvalue weighted by Crippen LogP contribution is -2.46. The minimum atomic E-state index is -0.238. The van der Waals surface area contributed by atoms with Crippen LogP contribution < -0.4 is 0 Å². The average Bonchev–Trinajstić information content (AvgIpc) is 3.39. The van der Waals surface area contributed by atoms with Gasteiger partial charge in [-0.2, -0.15) is 5.10 Å². The van der Waals surface area contributed by atoms with Gasteiger partial charge in [0.05, 0.1) is 23.3 Å². The quantitative estimate of drug-likeness (QED) is 0.679. The largest absolute Gasteiger partial charge is 0.382 e. The molecule has 3 aliphatic rings. The van der Waals surface area contributed by atoms with E-state index in [4.69, 9.17) is 4.74 Å². The number of carbonyl (C=O) groups is 2. The first kappa shape index (κ1) is 19.5. The van der Waals surface area contributed by atoms with Gasteiger partial charge in [0.2, 0.25) is 11.8 Å². The van der Waals surface area contributed by atoms with Crippen molar-refractivity contribution >= 4 is 17.5 Å². The number of rotatable bonds is 6. The molecule has 0 unspecified atom stereocenters. The normalized spacial score (nSPS) is 25.4. The number of carbonyl (C=O) groups excluding carboxylic acids is 2. The monoisotopic (exact) mass is 411 g/mol. The maximum absolute atomic E-state index is 13.5. The molecule has 0 spiro atoms. The van der Waals surface area contributed by atoms with Gasteiger partial charge in [0.25, 0.3) is 0 Å². The Hall–Kier alpha value is -2.48. The second-order valence-corrected chi connectivity index (χ2v) is 8.70. The maximum Gasteiger partial charge on any atom is 0.228 e. The Morgan fingerprint density at radius 1 is 1.30 bits per heavy atom. The lowest BCUT2D eigenvalue weighted by molar-refractivity contribution is -0.139. The van der Waals surface area contributed by atoms with E-state index in [1.807, 2.05) is 35.5 Å². The molecule has 2 aromatic rings. The van der Waals surface area contributed by atoms with Gasteiger partial charge in [-0.05, 0) is 33.1 Å². The van der Waals surface area contributed by atoms with Crippen molar-refractivity contribution < 1.29 is 14.3 Å². The molecule has 2 bridgehead atoms. The van der Waals surface area contributed by atoms with E-state index >= 15 is 0 Å². The van der Waals surface area contributed by atoms with Crippen LogP contribution in [-0.2, 0) is 20.7 Å². The third-order valence-electron chi connectivity index (χ3n) is 6.77. The van der Waals surface area contributed by atoms with E-state index in [1.54, 1.807) is 0 Å². The number of amides is 2. The van der Waals surface area contributed by atoms with E-state index in [-0.39, 0.29) is 29.8 Å². The van der Waals surface area contributed by atoms with Crippen molar-refractivity contribution in [1.82, 2.24) is 24.4 Å². The lowest BCUT2D eigenvalue weighted by Gasteiger charge is -2.37. The van der Waals surface area contributed by atoms with Crippen LogP contribution in [0.1, 0.15) is 55.6 Å². The number of hydrogen-bond acceptors (Lipinski definition) is 5. The summed E-state index contributed by atoms with van der Waals surface area (Å²) in [7, 11) is 0. The van der Waals surface area contributed by atoms with E-state index in [2.05, 4.69) is 15.0 Å². The molecule has 8 heteroatoms. The fourth-order valence-corrected chi connectivity index (χ4v) is 5.40. The molecule has 30 heavy (non-hydrogen) atoms. The molecule has 8 nitrogen and oxygen atoms in total. The SMILES string of the molecule is CCOCCCN1C[C@@H](C(=O)N2[C@@H]3CC[C@@H]2c2cnc4cc(C)nn4c2C3)CC1=O. The van der Waals surface area contributed by atoms with Gasteiger partial charge >= 0.3 is 0 Å². The molecule has 0 saturated carbocycles. The van der Waals surface area contributed by atoms with Crippen molar-refractivity contribution in [2.24, 2.45) is 5.92 Å². The Morgan fingerprint density at radius 2 is 2.17 bits per heavy atom. The van der Waals surface area contributed by atoms with Crippen LogP contribution in [0.25, 0.3) is 5.65 Å². The Morgan fingerprint density at radius 3 is 3.00 bits per heavy atom. The third-order valence-corrected chi connectivity index (χ3v) is 6.77. The van der Waals surface area contributed by atoms with Gasteiger partial charge in [-0.3, -0.25) is 9.59 Å². The molecule has 0 aromatic carbocycles. The second-order valence-electron chi connectivity index (χ2n) is 8.70. The number of likely N-dealkylation sites (tertiary alicyclic amines) is 1. The number of aromatic nitrogens is 3. The van der Waals surface area contributed by atoms with Gasteiger partial charge < -0.3 is 14.5 Å². The zero-order chi connectivity index (χ0) is 20.8. The molecule has 5 rings (SSSR count). The van der Waals surface area contributed by atoms with Gasteiger partial charge in [-0.1, -0.05) is 0 Å². The van der Waals surface area contributed by atoms with Gasteiger partial charge in [0.1, 0.15) is 0 Å². The molecule has 0 radical (unpaired) electrons. The van der Waals surface area contributed by atoms with Crippen LogP contribution in [0.3, 0.4) is 0 Å². The fourth-order valence-electron chi connectivity index (χ4n) is 5.40. The molecule has 3 atom stereocenters. The second kappa shape index (κ2) is 7.65. The lowest BCUT2D eigenvalue weighted by atomic mass is 9.96. The van der Waals surface area contributed by atoms with E-state index in [0.29, 0.717) is 32.7 Å². The highest BCUT2D eigenvalue weighted by Crippen LogP contribution is 2.44. The van der Waals surface area contributed by atoms with Crippen molar-refractivity contribution in [1.29, 1.82) is 0 Å². The molecule has 3 aliphatic heterocycles. The zero-order valence-corrected chi connectivity index (χ0v) is 17.7. The minimum Gasteiger partial charge on any atom is -0.382 e. The van der Waals surface area contributed by atoms with Gasteiger partial charge in [0, 0.05) is 63.0 Å². The Bertz CT molecular complexity index is 987. The van der Waals surface area contributed by atoms with Gasteiger partial charge in [-0.15, -0.1) is 0 Å². The summed E-state index contributed by atoms with van der Waals surface area (Å²) in [5.41, 5.74) is 4.13. The zero-order valence-electron chi connectivity index (χ0n) is 17.7. The van der Waals surface area contributed by atoms with Gasteiger partial charge in [-0.25, -0.2) is 9.50 Å². The predicted molar refractivity (Wildman–Crippen MR) is 110 cm³/mol. The van der Waals surface area contributed by atoms with E-state index in [1.165, 1.54) is 5.69 Å². The summed E-state index contributed by atoms with van der Waals surface area (Å²) >= 11 is 0. The van der Waals surface area contributed by atoms with Gasteiger partial charge in [0.15, 0.2) is 5.65 Å². The number of nitrogens with zero attached hydrogens (tertiary/aromatic N) is 5. The molecule has 2 saturated heterocycles. The molecule has 2 amide bonds. The Balaban J connectivity index is 1.33. The summed E-state index contributed by atoms with van der Waals surface area (Å²) in [6.45, 7) is 6.48. The minimum absolute atomic E-state index is 0.0507. The maximum atomic E-state index is 13.5. The molecule has 0 aliphatic carbocycles. The Kier molecular flexibility index (Phi) is 4.97. The molecular formula is C22H29N5O3. The van der Waals surface area contributed by atoms with E-state index in [0.717, 1.165) is 42.6 Å². The average molecular weight is 412 g/mol. The van der Waals surface area contributed by atoms with Crippen LogP contribution in [-0.4, -0.2) is 68.6 Å². The topological polar surface area (TPSA) is 80.0 Å². The molecule has 0 N–H and O–H groups in total. The first-order valence-corrected chi connectivity index (χ1v) is 11.1. The summed E-state index contributed by atoms with van der Waals surface area (Å²) in [6.07, 6.45) is 5.81. The van der Waals surface area contributed by atoms with Crippen LogP contribution in [0.15, 0.2) is 12.3 Å². The third kappa shape index (κ3) is 3.17. The molecule has 5 heterocycles. The standard InChI is InChI=1S/C22H29N5O3/c1-3-30-8-4-7-25-13-15(10-21(25)28)22(29)26-16-5-6-18(26)17-12-23-20-9-14(2)24-27(20)19(17)11-16/h9,12,15-16,18H,3-8,10-11,13H2,1-2H3/t15-,16+,18+/m0/s1. The highest BCUT2D eigenvalue weighted by atomic mass is 16.5. The van der Waals surface area contributed by atoms with Crippen LogP contribution in [0.4, 0.5) is 0 Å². The van der Waals surface area contributed by atoms with Crippen LogP contribution >= 0.6 is 0 Å². The van der Waals surface area contributed by atoms with Crippen molar-refractivity contribution in [3.05, 3.63) is 29.2 Å². The number of hydrogen-bond donors (Lipinski definition) is 0. The molecule has 160 valence electrons. The fraction of sp³-hybridized carbons (Fsp3) is 0.636. The predicted octanol–water partition coefficient (Wildman–Crippen LogP) is 1.90. The first-order chi connectivity index (χ1) is 14.6.